The third kappa shape index (κ3) is 5.04. The summed E-state index contributed by atoms with van der Waals surface area (Å²) >= 11 is 0. The van der Waals surface area contributed by atoms with Gasteiger partial charge in [-0.25, -0.2) is 0 Å². The molecule has 0 radical (unpaired) electrons. The molecule has 0 bridgehead atoms. The van der Waals surface area contributed by atoms with Gasteiger partial charge in [-0.3, -0.25) is 4.57 Å². The second kappa shape index (κ2) is 13.5. The Labute approximate surface area is 355 Å². The zero-order valence-corrected chi connectivity index (χ0v) is 33.4. The van der Waals surface area contributed by atoms with Crippen LogP contribution in [0.25, 0.3) is 117 Å². The summed E-state index contributed by atoms with van der Waals surface area (Å²) in [7, 11) is 0. The zero-order chi connectivity index (χ0) is 40.7. The SMILES string of the molecule is c1ccc(-c2nnc(-c3ccc4c5ccccc5n(-c5ccccc5-c5ccccc5-n5c6ccccc6c6c7oc8ccccc8c7ccc65)c4c3)n2-c2ccccc2)cc1. The number of aromatic nitrogens is 5. The molecule has 0 spiro atoms. The minimum absolute atomic E-state index is 0.775. The lowest BCUT2D eigenvalue weighted by Crippen LogP contribution is -2.02. The number of nitrogens with zero attached hydrogens (tertiary/aromatic N) is 5. The first kappa shape index (κ1) is 34.4. The van der Waals surface area contributed by atoms with Gasteiger partial charge in [0, 0.05) is 54.9 Å². The maximum atomic E-state index is 6.66. The molecule has 0 N–H and O–H groups in total. The summed E-state index contributed by atoms with van der Waals surface area (Å²) in [5.74, 6) is 1.57. The van der Waals surface area contributed by atoms with Crippen LogP contribution in [0.1, 0.15) is 0 Å². The third-order valence-corrected chi connectivity index (χ3v) is 12.4. The van der Waals surface area contributed by atoms with Crippen LogP contribution in [-0.4, -0.2) is 23.9 Å². The van der Waals surface area contributed by atoms with Gasteiger partial charge in [0.15, 0.2) is 11.6 Å². The highest BCUT2D eigenvalue weighted by molar-refractivity contribution is 6.24. The first-order valence-corrected chi connectivity index (χ1v) is 20.9. The monoisotopic (exact) mass is 793 g/mol. The quantitative estimate of drug-likeness (QED) is 0.168. The van der Waals surface area contributed by atoms with E-state index in [2.05, 4.69) is 196 Å². The second-order valence-corrected chi connectivity index (χ2v) is 15.8. The number of hydrogen-bond acceptors (Lipinski definition) is 3. The van der Waals surface area contributed by atoms with Crippen LogP contribution >= 0.6 is 0 Å². The lowest BCUT2D eigenvalue weighted by atomic mass is 10.0. The van der Waals surface area contributed by atoms with Crippen molar-refractivity contribution in [3.8, 4) is 51.0 Å². The van der Waals surface area contributed by atoms with E-state index in [1.165, 1.54) is 10.8 Å². The molecule has 13 aromatic rings. The van der Waals surface area contributed by atoms with Crippen LogP contribution in [0.2, 0.25) is 0 Å². The van der Waals surface area contributed by atoms with Crippen LogP contribution < -0.4 is 0 Å². The van der Waals surface area contributed by atoms with E-state index in [1.54, 1.807) is 0 Å². The van der Waals surface area contributed by atoms with E-state index in [4.69, 9.17) is 14.6 Å². The predicted molar refractivity (Wildman–Crippen MR) is 254 cm³/mol. The van der Waals surface area contributed by atoms with E-state index in [-0.39, 0.29) is 0 Å². The van der Waals surface area contributed by atoms with Crippen molar-refractivity contribution in [3.63, 3.8) is 0 Å². The standard InChI is InChI=1S/C56H35N5O/c1-3-17-36(18-4-1)55-57-58-56(59(55)38-19-5-2-6-20-38)37-31-32-42-41-23-9-14-28-48(41)61(51(42)35-37)47-27-13-8-22-40(47)39-21-7-12-26-46(39)60-49-29-15-10-25-45(49)53-50(60)34-33-44-43-24-11-16-30-52(43)62-54(44)53/h1-35H. The highest BCUT2D eigenvalue weighted by Gasteiger charge is 2.24. The fourth-order valence-corrected chi connectivity index (χ4v) is 9.72. The molecule has 290 valence electrons. The third-order valence-electron chi connectivity index (χ3n) is 12.4. The zero-order valence-electron chi connectivity index (χ0n) is 33.4. The molecule has 0 unspecified atom stereocenters. The fourth-order valence-electron chi connectivity index (χ4n) is 9.72. The molecule has 0 amide bonds. The first-order valence-electron chi connectivity index (χ1n) is 20.9. The van der Waals surface area contributed by atoms with Gasteiger partial charge in [0.2, 0.25) is 0 Å². The summed E-state index contributed by atoms with van der Waals surface area (Å²) in [6, 6.07) is 75.1. The van der Waals surface area contributed by atoms with E-state index < -0.39 is 0 Å². The summed E-state index contributed by atoms with van der Waals surface area (Å²) in [6.45, 7) is 0. The van der Waals surface area contributed by atoms with Gasteiger partial charge in [0.25, 0.3) is 0 Å². The summed E-state index contributed by atoms with van der Waals surface area (Å²) in [6.07, 6.45) is 0. The smallest absolute Gasteiger partial charge is 0.168 e. The first-order chi connectivity index (χ1) is 30.8. The number of hydrogen-bond donors (Lipinski definition) is 0. The molecule has 62 heavy (non-hydrogen) atoms. The van der Waals surface area contributed by atoms with Crippen molar-refractivity contribution < 1.29 is 4.42 Å². The molecule has 0 saturated carbocycles. The molecular formula is C56H35N5O. The van der Waals surface area contributed by atoms with E-state index in [1.807, 2.05) is 30.3 Å². The van der Waals surface area contributed by atoms with Crippen LogP contribution in [-0.2, 0) is 0 Å². The lowest BCUT2D eigenvalue weighted by molar-refractivity contribution is 0.673. The molecule has 0 aliphatic rings. The topological polar surface area (TPSA) is 53.7 Å². The Morgan fingerprint density at radius 3 is 1.61 bits per heavy atom. The van der Waals surface area contributed by atoms with Crippen molar-refractivity contribution >= 4 is 65.6 Å². The molecule has 4 heterocycles. The Balaban J connectivity index is 1.05. The van der Waals surface area contributed by atoms with Gasteiger partial charge < -0.3 is 13.6 Å². The number of fused-ring (bicyclic) bond motifs is 10. The number of para-hydroxylation sites is 6. The summed E-state index contributed by atoms with van der Waals surface area (Å²) in [5, 5.41) is 16.6. The largest absolute Gasteiger partial charge is 0.455 e. The van der Waals surface area contributed by atoms with Crippen molar-refractivity contribution in [1.29, 1.82) is 0 Å². The van der Waals surface area contributed by atoms with Gasteiger partial charge in [-0.05, 0) is 60.7 Å². The fraction of sp³-hybridized carbons (Fsp3) is 0. The van der Waals surface area contributed by atoms with E-state index >= 15 is 0 Å². The van der Waals surface area contributed by atoms with Crippen LogP contribution in [0.15, 0.2) is 217 Å². The summed E-state index contributed by atoms with van der Waals surface area (Å²) < 4.78 is 13.7. The molecule has 0 fully saturated rings. The summed E-state index contributed by atoms with van der Waals surface area (Å²) in [5.41, 5.74) is 13.6. The van der Waals surface area contributed by atoms with E-state index in [0.29, 0.717) is 0 Å². The Morgan fingerprint density at radius 2 is 0.871 bits per heavy atom. The average molecular weight is 794 g/mol. The molecule has 0 saturated heterocycles. The second-order valence-electron chi connectivity index (χ2n) is 15.8. The Bertz CT molecular complexity index is 3870. The highest BCUT2D eigenvalue weighted by atomic mass is 16.3. The lowest BCUT2D eigenvalue weighted by Gasteiger charge is -2.18. The molecule has 0 atom stereocenters. The number of rotatable bonds is 6. The van der Waals surface area contributed by atoms with Gasteiger partial charge in [-0.2, -0.15) is 0 Å². The molecule has 6 heteroatoms. The van der Waals surface area contributed by atoms with Crippen molar-refractivity contribution in [1.82, 2.24) is 23.9 Å². The van der Waals surface area contributed by atoms with Crippen LogP contribution in [0.5, 0.6) is 0 Å². The van der Waals surface area contributed by atoms with Gasteiger partial charge in [-0.15, -0.1) is 10.2 Å². The molecule has 4 aromatic heterocycles. The minimum atomic E-state index is 0.775. The Morgan fingerprint density at radius 1 is 0.339 bits per heavy atom. The summed E-state index contributed by atoms with van der Waals surface area (Å²) in [4.78, 5) is 0. The van der Waals surface area contributed by atoms with Crippen molar-refractivity contribution in [2.75, 3.05) is 0 Å². The van der Waals surface area contributed by atoms with Crippen LogP contribution in [0.4, 0.5) is 0 Å². The maximum Gasteiger partial charge on any atom is 0.168 e. The van der Waals surface area contributed by atoms with E-state index in [9.17, 15) is 0 Å². The Kier molecular flexibility index (Phi) is 7.50. The molecule has 9 aromatic carbocycles. The molecule has 0 aliphatic heterocycles. The average Bonchev–Trinajstić information content (AvgIpc) is 4.11. The van der Waals surface area contributed by atoms with Crippen molar-refractivity contribution in [2.24, 2.45) is 0 Å². The molecule has 13 rings (SSSR count). The molecular weight excluding hydrogens is 759 g/mol. The normalized spacial score (nSPS) is 11.9. The van der Waals surface area contributed by atoms with Gasteiger partial charge in [0.1, 0.15) is 11.2 Å². The number of furan rings is 1. The van der Waals surface area contributed by atoms with Crippen molar-refractivity contribution in [2.45, 2.75) is 0 Å². The van der Waals surface area contributed by atoms with Gasteiger partial charge in [0.05, 0.1) is 38.8 Å². The predicted octanol–water partition coefficient (Wildman–Crippen LogP) is 14.4. The molecule has 0 aliphatic carbocycles. The highest BCUT2D eigenvalue weighted by Crippen LogP contribution is 2.44. The van der Waals surface area contributed by atoms with Gasteiger partial charge >= 0.3 is 0 Å². The minimum Gasteiger partial charge on any atom is -0.455 e. The van der Waals surface area contributed by atoms with Crippen LogP contribution in [0.3, 0.4) is 0 Å². The Hall–Kier alpha value is -8.48. The van der Waals surface area contributed by atoms with E-state index in [0.717, 1.165) is 106 Å². The molecule has 6 nitrogen and oxygen atoms in total. The maximum absolute atomic E-state index is 6.66. The number of benzene rings is 9. The van der Waals surface area contributed by atoms with Gasteiger partial charge in [-0.1, -0.05) is 152 Å². The van der Waals surface area contributed by atoms with Crippen molar-refractivity contribution in [3.05, 3.63) is 212 Å². The van der Waals surface area contributed by atoms with Crippen LogP contribution in [0, 0.1) is 0 Å².